The number of nitrogens with one attached hydrogen (secondary N) is 1. The van der Waals surface area contributed by atoms with Gasteiger partial charge in [0, 0.05) is 4.88 Å². The molecule has 0 saturated heterocycles. The van der Waals surface area contributed by atoms with Crippen LogP contribution in [-0.2, 0) is 4.79 Å². The van der Waals surface area contributed by atoms with E-state index in [1.165, 1.54) is 11.3 Å². The SMILES string of the molecule is Cc1nonc1NC(=O)C(C)c1ccc(Br)s1. The molecule has 5 nitrogen and oxygen atoms in total. The Bertz CT molecular complexity index is 537. The molecule has 17 heavy (non-hydrogen) atoms. The number of nitrogens with zero attached hydrogens (tertiary/aromatic N) is 2. The van der Waals surface area contributed by atoms with Crippen LogP contribution in [-0.4, -0.2) is 16.2 Å². The van der Waals surface area contributed by atoms with Crippen LogP contribution in [0.1, 0.15) is 23.4 Å². The number of aromatic nitrogens is 2. The molecule has 1 N–H and O–H groups in total. The Labute approximate surface area is 110 Å². The van der Waals surface area contributed by atoms with Gasteiger partial charge in [0.25, 0.3) is 0 Å². The van der Waals surface area contributed by atoms with E-state index >= 15 is 0 Å². The molecule has 90 valence electrons. The average molecular weight is 316 g/mol. The lowest BCUT2D eigenvalue weighted by molar-refractivity contribution is -0.117. The zero-order chi connectivity index (χ0) is 12.4. The quantitative estimate of drug-likeness (QED) is 0.945. The molecular weight excluding hydrogens is 306 g/mol. The second kappa shape index (κ2) is 4.97. The Morgan fingerprint density at radius 1 is 1.53 bits per heavy atom. The Morgan fingerprint density at radius 2 is 2.29 bits per heavy atom. The lowest BCUT2D eigenvalue weighted by Crippen LogP contribution is -2.18. The van der Waals surface area contributed by atoms with Gasteiger partial charge in [0.05, 0.1) is 9.70 Å². The molecule has 1 atom stereocenters. The number of thiophene rings is 1. The highest BCUT2D eigenvalue weighted by molar-refractivity contribution is 9.11. The third-order valence-corrected chi connectivity index (χ3v) is 4.11. The van der Waals surface area contributed by atoms with Crippen molar-refractivity contribution in [3.63, 3.8) is 0 Å². The molecule has 0 fully saturated rings. The first-order valence-electron chi connectivity index (χ1n) is 4.93. The molecule has 0 aliphatic rings. The Hall–Kier alpha value is -1.21. The molecule has 1 amide bonds. The summed E-state index contributed by atoms with van der Waals surface area (Å²) in [6.07, 6.45) is 0. The smallest absolute Gasteiger partial charge is 0.233 e. The highest BCUT2D eigenvalue weighted by Gasteiger charge is 2.19. The molecule has 2 aromatic heterocycles. The minimum absolute atomic E-state index is 0.127. The summed E-state index contributed by atoms with van der Waals surface area (Å²) in [5, 5.41) is 9.90. The van der Waals surface area contributed by atoms with Gasteiger partial charge in [-0.2, -0.15) is 0 Å². The molecule has 0 saturated carbocycles. The van der Waals surface area contributed by atoms with Crippen LogP contribution < -0.4 is 5.32 Å². The first-order chi connectivity index (χ1) is 8.08. The van der Waals surface area contributed by atoms with E-state index in [1.54, 1.807) is 6.92 Å². The molecule has 0 aliphatic carbocycles. The highest BCUT2D eigenvalue weighted by Crippen LogP contribution is 2.29. The second-order valence-corrected chi connectivity index (χ2v) is 6.05. The number of rotatable bonds is 3. The van der Waals surface area contributed by atoms with Crippen LogP contribution >= 0.6 is 27.3 Å². The lowest BCUT2D eigenvalue weighted by atomic mass is 10.1. The third kappa shape index (κ3) is 2.73. The highest BCUT2D eigenvalue weighted by atomic mass is 79.9. The summed E-state index contributed by atoms with van der Waals surface area (Å²) >= 11 is 4.91. The number of halogens is 1. The van der Waals surface area contributed by atoms with Crippen molar-refractivity contribution in [1.82, 2.24) is 10.3 Å². The van der Waals surface area contributed by atoms with Crippen molar-refractivity contribution in [1.29, 1.82) is 0 Å². The van der Waals surface area contributed by atoms with E-state index in [0.29, 0.717) is 11.5 Å². The van der Waals surface area contributed by atoms with Crippen molar-refractivity contribution in [3.8, 4) is 0 Å². The summed E-state index contributed by atoms with van der Waals surface area (Å²) in [5.41, 5.74) is 0.568. The molecule has 0 aromatic carbocycles. The number of hydrogen-bond donors (Lipinski definition) is 1. The maximum Gasteiger partial charge on any atom is 0.233 e. The van der Waals surface area contributed by atoms with E-state index in [2.05, 4.69) is 36.2 Å². The van der Waals surface area contributed by atoms with E-state index in [1.807, 2.05) is 19.1 Å². The van der Waals surface area contributed by atoms with Crippen molar-refractivity contribution in [2.45, 2.75) is 19.8 Å². The molecule has 1 unspecified atom stereocenters. The van der Waals surface area contributed by atoms with Gasteiger partial charge in [-0.25, -0.2) is 4.63 Å². The standard InChI is InChI=1S/C10H10BrN3O2S/c1-5(7-3-4-8(11)17-7)10(15)12-9-6(2)13-16-14-9/h3-5H,1-2H3,(H,12,14,15). The van der Waals surface area contributed by atoms with Crippen molar-refractivity contribution in [2.75, 3.05) is 5.32 Å². The van der Waals surface area contributed by atoms with Crippen LogP contribution in [0.2, 0.25) is 0 Å². The monoisotopic (exact) mass is 315 g/mol. The molecule has 0 radical (unpaired) electrons. The summed E-state index contributed by atoms with van der Waals surface area (Å²) in [6.45, 7) is 3.56. The zero-order valence-corrected chi connectivity index (χ0v) is 11.6. The van der Waals surface area contributed by atoms with Crippen LogP contribution in [0, 0.1) is 6.92 Å². The fourth-order valence-electron chi connectivity index (χ4n) is 1.26. The molecule has 0 spiro atoms. The normalized spacial score (nSPS) is 12.4. The van der Waals surface area contributed by atoms with E-state index < -0.39 is 0 Å². The molecule has 0 aliphatic heterocycles. The minimum atomic E-state index is -0.234. The predicted octanol–water partition coefficient (Wildman–Crippen LogP) is 2.94. The lowest BCUT2D eigenvalue weighted by Gasteiger charge is -2.08. The number of hydrogen-bond acceptors (Lipinski definition) is 5. The molecular formula is C10H10BrN3O2S. The zero-order valence-electron chi connectivity index (χ0n) is 9.23. The third-order valence-electron chi connectivity index (χ3n) is 2.31. The van der Waals surface area contributed by atoms with Crippen LogP contribution in [0.5, 0.6) is 0 Å². The van der Waals surface area contributed by atoms with E-state index in [-0.39, 0.29) is 11.8 Å². The average Bonchev–Trinajstić information content (AvgIpc) is 2.88. The van der Waals surface area contributed by atoms with Crippen LogP contribution in [0.15, 0.2) is 20.5 Å². The van der Waals surface area contributed by atoms with Crippen LogP contribution in [0.25, 0.3) is 0 Å². The van der Waals surface area contributed by atoms with Gasteiger partial charge < -0.3 is 5.32 Å². The van der Waals surface area contributed by atoms with Gasteiger partial charge in [-0.05, 0) is 47.1 Å². The van der Waals surface area contributed by atoms with E-state index in [4.69, 9.17) is 0 Å². The van der Waals surface area contributed by atoms with E-state index in [9.17, 15) is 4.79 Å². The number of carbonyl (C=O) groups is 1. The van der Waals surface area contributed by atoms with Gasteiger partial charge in [0.2, 0.25) is 5.91 Å². The number of anilines is 1. The predicted molar refractivity (Wildman–Crippen MR) is 68.1 cm³/mol. The number of carbonyl (C=O) groups excluding carboxylic acids is 1. The molecule has 7 heteroatoms. The van der Waals surface area contributed by atoms with Gasteiger partial charge in [0.15, 0.2) is 5.82 Å². The molecule has 2 aromatic rings. The molecule has 0 bridgehead atoms. The van der Waals surface area contributed by atoms with Crippen LogP contribution in [0.4, 0.5) is 5.82 Å². The number of aryl methyl sites for hydroxylation is 1. The first-order valence-corrected chi connectivity index (χ1v) is 6.54. The summed E-state index contributed by atoms with van der Waals surface area (Å²) < 4.78 is 5.52. The van der Waals surface area contributed by atoms with Crippen molar-refractivity contribution < 1.29 is 9.42 Å². The van der Waals surface area contributed by atoms with Gasteiger partial charge in [-0.15, -0.1) is 11.3 Å². The Balaban J connectivity index is 2.08. The second-order valence-electron chi connectivity index (χ2n) is 3.55. The largest absolute Gasteiger partial charge is 0.306 e. The summed E-state index contributed by atoms with van der Waals surface area (Å²) in [5.74, 6) is 0.0121. The van der Waals surface area contributed by atoms with Gasteiger partial charge in [0.1, 0.15) is 5.69 Å². The van der Waals surface area contributed by atoms with Crippen molar-refractivity contribution >= 4 is 39.0 Å². The van der Waals surface area contributed by atoms with Crippen molar-refractivity contribution in [2.24, 2.45) is 0 Å². The van der Waals surface area contributed by atoms with Gasteiger partial charge in [-0.3, -0.25) is 4.79 Å². The molecule has 2 rings (SSSR count). The topological polar surface area (TPSA) is 68.0 Å². The van der Waals surface area contributed by atoms with Gasteiger partial charge >= 0.3 is 0 Å². The minimum Gasteiger partial charge on any atom is -0.306 e. The van der Waals surface area contributed by atoms with Gasteiger partial charge in [-0.1, -0.05) is 5.16 Å². The molecule has 2 heterocycles. The van der Waals surface area contributed by atoms with E-state index in [0.717, 1.165) is 8.66 Å². The first kappa shape index (κ1) is 12.3. The fraction of sp³-hybridized carbons (Fsp3) is 0.300. The van der Waals surface area contributed by atoms with Crippen molar-refractivity contribution in [3.05, 3.63) is 26.5 Å². The fourth-order valence-corrected chi connectivity index (χ4v) is 2.73. The maximum atomic E-state index is 11.9. The Kier molecular flexibility index (Phi) is 3.58. The summed E-state index contributed by atoms with van der Waals surface area (Å²) in [7, 11) is 0. The summed E-state index contributed by atoms with van der Waals surface area (Å²) in [6, 6.07) is 3.85. The maximum absolute atomic E-state index is 11.9. The Morgan fingerprint density at radius 3 is 2.82 bits per heavy atom. The summed E-state index contributed by atoms with van der Waals surface area (Å²) in [4.78, 5) is 12.9. The van der Waals surface area contributed by atoms with Crippen LogP contribution in [0.3, 0.4) is 0 Å². The number of amides is 1.